The van der Waals surface area contributed by atoms with Gasteiger partial charge in [0, 0.05) is 37.4 Å². The highest BCUT2D eigenvalue weighted by molar-refractivity contribution is 5.94. The normalized spacial score (nSPS) is 15.0. The minimum atomic E-state index is -0.404. The number of benzene rings is 2. The van der Waals surface area contributed by atoms with E-state index in [0.29, 0.717) is 44.1 Å². The zero-order chi connectivity index (χ0) is 21.8. The molecule has 160 valence electrons. The van der Waals surface area contributed by atoms with Crippen LogP contribution >= 0.6 is 0 Å². The molecule has 1 amide bonds. The van der Waals surface area contributed by atoms with E-state index in [9.17, 15) is 9.59 Å². The van der Waals surface area contributed by atoms with Crippen LogP contribution in [-0.4, -0.2) is 47.8 Å². The number of hydrogen-bond acceptors (Lipinski definition) is 6. The Morgan fingerprint density at radius 3 is 2.35 bits per heavy atom. The van der Waals surface area contributed by atoms with Crippen molar-refractivity contribution in [3.63, 3.8) is 0 Å². The summed E-state index contributed by atoms with van der Waals surface area (Å²) in [5.74, 6) is 0.280. The lowest BCUT2D eigenvalue weighted by atomic mass is 10.1. The van der Waals surface area contributed by atoms with Crippen molar-refractivity contribution in [2.45, 2.75) is 19.4 Å². The van der Waals surface area contributed by atoms with Gasteiger partial charge in [0.1, 0.15) is 6.26 Å². The van der Waals surface area contributed by atoms with Crippen molar-refractivity contribution < 1.29 is 14.0 Å². The molecular formula is C24H26N4O3. The second kappa shape index (κ2) is 9.14. The third kappa shape index (κ3) is 4.83. The fourth-order valence-corrected chi connectivity index (χ4v) is 3.75. The maximum absolute atomic E-state index is 12.9. The molecule has 1 unspecified atom stereocenters. The molecule has 1 saturated heterocycles. The first-order chi connectivity index (χ1) is 15.0. The van der Waals surface area contributed by atoms with Crippen LogP contribution in [0.25, 0.3) is 0 Å². The molecule has 1 atom stereocenters. The van der Waals surface area contributed by atoms with E-state index in [1.54, 1.807) is 11.8 Å². The van der Waals surface area contributed by atoms with Gasteiger partial charge in [-0.3, -0.25) is 9.59 Å². The number of anilines is 1. The second-order valence-electron chi connectivity index (χ2n) is 7.75. The summed E-state index contributed by atoms with van der Waals surface area (Å²) in [5, 5.41) is 0. The molecule has 7 nitrogen and oxygen atoms in total. The molecule has 0 bridgehead atoms. The van der Waals surface area contributed by atoms with E-state index in [2.05, 4.69) is 9.88 Å². The first-order valence-corrected chi connectivity index (χ1v) is 10.4. The van der Waals surface area contributed by atoms with Crippen molar-refractivity contribution in [2.75, 3.05) is 31.1 Å². The summed E-state index contributed by atoms with van der Waals surface area (Å²) in [4.78, 5) is 32.7. The van der Waals surface area contributed by atoms with E-state index in [1.165, 1.54) is 6.26 Å². The number of carbonyl (C=O) groups excluding carboxylic acids is 2. The zero-order valence-electron chi connectivity index (χ0n) is 17.5. The predicted molar refractivity (Wildman–Crippen MR) is 118 cm³/mol. The van der Waals surface area contributed by atoms with Gasteiger partial charge in [0.25, 0.3) is 5.91 Å². The van der Waals surface area contributed by atoms with E-state index in [0.717, 1.165) is 11.3 Å². The summed E-state index contributed by atoms with van der Waals surface area (Å²) in [6.45, 7) is 4.16. The Morgan fingerprint density at radius 2 is 1.71 bits per heavy atom. The number of rotatable bonds is 6. The van der Waals surface area contributed by atoms with Crippen LogP contribution in [-0.2, 0) is 6.42 Å². The van der Waals surface area contributed by atoms with Crippen LogP contribution in [0, 0.1) is 0 Å². The Morgan fingerprint density at radius 1 is 1.03 bits per heavy atom. The predicted octanol–water partition coefficient (Wildman–Crippen LogP) is 3.08. The van der Waals surface area contributed by atoms with Gasteiger partial charge in [-0.2, -0.15) is 0 Å². The molecule has 0 spiro atoms. The molecule has 1 fully saturated rings. The number of amides is 1. The van der Waals surface area contributed by atoms with E-state index < -0.39 is 6.04 Å². The average Bonchev–Trinajstić information content (AvgIpc) is 3.30. The molecule has 1 aliphatic heterocycles. The van der Waals surface area contributed by atoms with E-state index >= 15 is 0 Å². The highest BCUT2D eigenvalue weighted by Crippen LogP contribution is 2.20. The number of ketones is 1. The quantitative estimate of drug-likeness (QED) is 0.619. The largest absolute Gasteiger partial charge is 0.446 e. The van der Waals surface area contributed by atoms with Gasteiger partial charge in [-0.1, -0.05) is 30.3 Å². The SMILES string of the molecule is CC(=O)c1ccc(N2CCN(C(=O)c3coc(C(N)Cc4ccccc4)n3)CC2)cc1. The molecule has 0 saturated carbocycles. The number of piperazine rings is 1. The van der Waals surface area contributed by atoms with Crippen molar-refractivity contribution in [2.24, 2.45) is 5.73 Å². The van der Waals surface area contributed by atoms with Gasteiger partial charge < -0.3 is 20.0 Å². The van der Waals surface area contributed by atoms with Crippen LogP contribution < -0.4 is 10.6 Å². The van der Waals surface area contributed by atoms with Gasteiger partial charge in [-0.05, 0) is 43.2 Å². The molecule has 1 aromatic heterocycles. The fraction of sp³-hybridized carbons (Fsp3) is 0.292. The molecule has 2 N–H and O–H groups in total. The summed E-state index contributed by atoms with van der Waals surface area (Å²) in [6.07, 6.45) is 1.99. The monoisotopic (exact) mass is 418 g/mol. The number of nitrogens with zero attached hydrogens (tertiary/aromatic N) is 3. The molecule has 0 aliphatic carbocycles. The molecule has 0 radical (unpaired) electrons. The summed E-state index contributed by atoms with van der Waals surface area (Å²) < 4.78 is 5.51. The first kappa shape index (κ1) is 20.8. The zero-order valence-corrected chi connectivity index (χ0v) is 17.5. The lowest BCUT2D eigenvalue weighted by Crippen LogP contribution is -2.48. The van der Waals surface area contributed by atoms with Gasteiger partial charge in [0.2, 0.25) is 5.89 Å². The van der Waals surface area contributed by atoms with Gasteiger partial charge in [0.15, 0.2) is 11.5 Å². The van der Waals surface area contributed by atoms with Crippen molar-refractivity contribution in [1.82, 2.24) is 9.88 Å². The smallest absolute Gasteiger partial charge is 0.275 e. The fourth-order valence-electron chi connectivity index (χ4n) is 3.75. The van der Waals surface area contributed by atoms with Crippen LogP contribution in [0.2, 0.25) is 0 Å². The number of hydrogen-bond donors (Lipinski definition) is 1. The Bertz CT molecular complexity index is 1040. The molecule has 2 heterocycles. The average molecular weight is 418 g/mol. The number of Topliss-reactive ketones (excluding diaryl/α,β-unsaturated/α-hetero) is 1. The van der Waals surface area contributed by atoms with Crippen molar-refractivity contribution in [1.29, 1.82) is 0 Å². The Labute approximate surface area is 181 Å². The molecule has 4 rings (SSSR count). The molecule has 2 aromatic carbocycles. The summed E-state index contributed by atoms with van der Waals surface area (Å²) in [7, 11) is 0. The molecule has 3 aromatic rings. The summed E-state index contributed by atoms with van der Waals surface area (Å²) >= 11 is 0. The van der Waals surface area contributed by atoms with Crippen LogP contribution in [0.4, 0.5) is 5.69 Å². The molecular weight excluding hydrogens is 392 g/mol. The number of carbonyl (C=O) groups is 2. The van der Waals surface area contributed by atoms with Gasteiger partial charge in [-0.15, -0.1) is 0 Å². The Balaban J connectivity index is 1.34. The topological polar surface area (TPSA) is 92.7 Å². The maximum Gasteiger partial charge on any atom is 0.275 e. The van der Waals surface area contributed by atoms with Crippen LogP contribution in [0.5, 0.6) is 0 Å². The molecule has 7 heteroatoms. The maximum atomic E-state index is 12.9. The van der Waals surface area contributed by atoms with E-state index in [1.807, 2.05) is 54.6 Å². The Hall–Kier alpha value is -3.45. The summed E-state index contributed by atoms with van der Waals surface area (Å²) in [6, 6.07) is 17.1. The number of nitrogens with two attached hydrogens (primary N) is 1. The van der Waals surface area contributed by atoms with Crippen LogP contribution in [0.1, 0.15) is 45.3 Å². The lowest BCUT2D eigenvalue weighted by molar-refractivity contribution is 0.0740. The van der Waals surface area contributed by atoms with Gasteiger partial charge in [0.05, 0.1) is 6.04 Å². The highest BCUT2D eigenvalue weighted by Gasteiger charge is 2.25. The second-order valence-corrected chi connectivity index (χ2v) is 7.75. The van der Waals surface area contributed by atoms with E-state index in [4.69, 9.17) is 10.2 Å². The highest BCUT2D eigenvalue weighted by atomic mass is 16.3. The minimum absolute atomic E-state index is 0.0532. The number of aromatic nitrogens is 1. The molecule has 1 aliphatic rings. The van der Waals surface area contributed by atoms with Gasteiger partial charge in [-0.25, -0.2) is 4.98 Å². The standard InChI is InChI=1S/C24H26N4O3/c1-17(29)19-7-9-20(10-8-19)27-11-13-28(14-12-27)24(30)22-16-31-23(26-22)21(25)15-18-5-3-2-4-6-18/h2-10,16,21H,11-15,25H2,1H3. The van der Waals surface area contributed by atoms with Gasteiger partial charge >= 0.3 is 0 Å². The van der Waals surface area contributed by atoms with Crippen LogP contribution in [0.15, 0.2) is 65.3 Å². The van der Waals surface area contributed by atoms with Crippen molar-refractivity contribution in [3.8, 4) is 0 Å². The molecule has 31 heavy (non-hydrogen) atoms. The van der Waals surface area contributed by atoms with Crippen molar-refractivity contribution in [3.05, 3.63) is 83.6 Å². The minimum Gasteiger partial charge on any atom is -0.446 e. The van der Waals surface area contributed by atoms with E-state index in [-0.39, 0.29) is 17.4 Å². The van der Waals surface area contributed by atoms with Crippen molar-refractivity contribution >= 4 is 17.4 Å². The third-order valence-electron chi connectivity index (χ3n) is 5.56. The third-order valence-corrected chi connectivity index (χ3v) is 5.56. The summed E-state index contributed by atoms with van der Waals surface area (Å²) in [5.41, 5.74) is 9.35. The lowest BCUT2D eigenvalue weighted by Gasteiger charge is -2.35. The first-order valence-electron chi connectivity index (χ1n) is 10.4. The van der Waals surface area contributed by atoms with Crippen LogP contribution in [0.3, 0.4) is 0 Å². The Kier molecular flexibility index (Phi) is 6.13. The number of oxazole rings is 1.